The number of fused-ring (bicyclic) bond motifs is 1. The lowest BCUT2D eigenvalue weighted by atomic mass is 10.00. The molecule has 18 heavy (non-hydrogen) atoms. The molecule has 2 unspecified atom stereocenters. The van der Waals surface area contributed by atoms with Gasteiger partial charge in [0.1, 0.15) is 0 Å². The van der Waals surface area contributed by atoms with E-state index in [0.717, 1.165) is 5.56 Å². The van der Waals surface area contributed by atoms with Crippen LogP contribution in [0.2, 0.25) is 10.0 Å². The van der Waals surface area contributed by atoms with E-state index in [1.54, 1.807) is 26.0 Å². The highest BCUT2D eigenvalue weighted by Gasteiger charge is 2.83. The first-order chi connectivity index (χ1) is 8.35. The van der Waals surface area contributed by atoms with Gasteiger partial charge in [0.05, 0.1) is 20.9 Å². The third-order valence-corrected chi connectivity index (χ3v) is 5.45. The SMILES string of the molecule is CC12C(=O)NC(=O)C1(C)C2c1cccc(Cl)c1Cl. The van der Waals surface area contributed by atoms with Gasteiger partial charge in [0.2, 0.25) is 11.8 Å². The van der Waals surface area contributed by atoms with Crippen LogP contribution in [0.15, 0.2) is 18.2 Å². The number of amides is 2. The van der Waals surface area contributed by atoms with E-state index in [1.807, 2.05) is 6.07 Å². The average Bonchev–Trinajstić information content (AvgIpc) is 2.76. The number of hydrogen-bond acceptors (Lipinski definition) is 2. The average molecular weight is 284 g/mol. The zero-order valence-electron chi connectivity index (χ0n) is 9.88. The summed E-state index contributed by atoms with van der Waals surface area (Å²) in [5.41, 5.74) is -0.644. The molecule has 1 saturated carbocycles. The fourth-order valence-corrected chi connectivity index (χ4v) is 3.68. The molecule has 1 aromatic carbocycles. The third-order valence-electron chi connectivity index (χ3n) is 4.61. The monoisotopic (exact) mass is 283 g/mol. The fraction of sp³-hybridized carbons (Fsp3) is 0.385. The predicted octanol–water partition coefficient (Wildman–Crippen LogP) is 2.76. The maximum absolute atomic E-state index is 11.9. The van der Waals surface area contributed by atoms with Crippen molar-refractivity contribution in [1.29, 1.82) is 0 Å². The zero-order valence-corrected chi connectivity index (χ0v) is 11.4. The molecule has 2 amide bonds. The summed E-state index contributed by atoms with van der Waals surface area (Å²) >= 11 is 12.2. The van der Waals surface area contributed by atoms with Crippen molar-refractivity contribution in [3.05, 3.63) is 33.8 Å². The number of piperidine rings is 1. The number of hydrogen-bond donors (Lipinski definition) is 1. The molecule has 1 saturated heterocycles. The highest BCUT2D eigenvalue weighted by atomic mass is 35.5. The second kappa shape index (κ2) is 3.28. The number of nitrogens with one attached hydrogen (secondary N) is 1. The maximum Gasteiger partial charge on any atom is 0.234 e. The first kappa shape index (κ1) is 12.0. The number of carbonyl (C=O) groups is 2. The molecule has 0 spiro atoms. The molecule has 1 heterocycles. The first-order valence-corrected chi connectivity index (χ1v) is 6.40. The summed E-state index contributed by atoms with van der Waals surface area (Å²) in [6.45, 7) is 3.60. The largest absolute Gasteiger partial charge is 0.295 e. The van der Waals surface area contributed by atoms with Gasteiger partial charge in [-0.2, -0.15) is 0 Å². The Morgan fingerprint density at radius 1 is 1.11 bits per heavy atom. The van der Waals surface area contributed by atoms with Crippen LogP contribution in [0.4, 0.5) is 0 Å². The number of rotatable bonds is 1. The van der Waals surface area contributed by atoms with E-state index in [0.29, 0.717) is 10.0 Å². The summed E-state index contributed by atoms with van der Waals surface area (Å²) < 4.78 is 0. The Bertz CT molecular complexity index is 575. The highest BCUT2D eigenvalue weighted by molar-refractivity contribution is 6.42. The fourth-order valence-electron chi connectivity index (χ4n) is 3.26. The van der Waals surface area contributed by atoms with E-state index in [1.165, 1.54) is 0 Å². The van der Waals surface area contributed by atoms with Gasteiger partial charge in [-0.3, -0.25) is 14.9 Å². The molecule has 3 nitrogen and oxygen atoms in total. The van der Waals surface area contributed by atoms with Crippen LogP contribution in [0.25, 0.3) is 0 Å². The van der Waals surface area contributed by atoms with Crippen LogP contribution in [0.1, 0.15) is 25.3 Å². The summed E-state index contributed by atoms with van der Waals surface area (Å²) in [7, 11) is 0. The Labute approximate surface area is 114 Å². The van der Waals surface area contributed by atoms with Crippen molar-refractivity contribution >= 4 is 35.0 Å². The van der Waals surface area contributed by atoms with Gasteiger partial charge in [-0.05, 0) is 25.5 Å². The summed E-state index contributed by atoms with van der Waals surface area (Å²) in [5.74, 6) is -0.649. The van der Waals surface area contributed by atoms with Crippen LogP contribution in [-0.4, -0.2) is 11.8 Å². The van der Waals surface area contributed by atoms with Gasteiger partial charge in [-0.15, -0.1) is 0 Å². The molecule has 3 rings (SSSR count). The van der Waals surface area contributed by atoms with Gasteiger partial charge in [-0.25, -0.2) is 0 Å². The molecule has 0 radical (unpaired) electrons. The molecule has 5 heteroatoms. The van der Waals surface area contributed by atoms with Crippen molar-refractivity contribution in [2.45, 2.75) is 19.8 Å². The van der Waals surface area contributed by atoms with Crippen molar-refractivity contribution in [2.24, 2.45) is 10.8 Å². The minimum absolute atomic E-state index is 0.197. The summed E-state index contributed by atoms with van der Waals surface area (Å²) in [4.78, 5) is 23.9. The minimum Gasteiger partial charge on any atom is -0.295 e. The third kappa shape index (κ3) is 1.08. The summed E-state index contributed by atoms with van der Waals surface area (Å²) in [6.07, 6.45) is 0. The number of benzene rings is 1. The van der Waals surface area contributed by atoms with Crippen LogP contribution >= 0.6 is 23.2 Å². The molecular formula is C13H11Cl2NO2. The van der Waals surface area contributed by atoms with Crippen molar-refractivity contribution in [3.63, 3.8) is 0 Å². The van der Waals surface area contributed by atoms with Gasteiger partial charge in [0, 0.05) is 5.92 Å². The lowest BCUT2D eigenvalue weighted by molar-refractivity contribution is -0.129. The standard InChI is InChI=1S/C13H11Cl2NO2/c1-12-9(6-4-3-5-7(14)8(6)15)13(12,2)11(18)16-10(12)17/h3-5,9H,1-2H3,(H,16,17,18). The lowest BCUT2D eigenvalue weighted by Crippen LogP contribution is -2.31. The van der Waals surface area contributed by atoms with Gasteiger partial charge in [-0.1, -0.05) is 35.3 Å². The van der Waals surface area contributed by atoms with E-state index in [-0.39, 0.29) is 17.7 Å². The van der Waals surface area contributed by atoms with Crippen LogP contribution in [0, 0.1) is 10.8 Å². The highest BCUT2D eigenvalue weighted by Crippen LogP contribution is 2.77. The van der Waals surface area contributed by atoms with E-state index in [4.69, 9.17) is 23.2 Å². The lowest BCUT2D eigenvalue weighted by Gasteiger charge is -2.12. The van der Waals surface area contributed by atoms with Crippen molar-refractivity contribution < 1.29 is 9.59 Å². The quantitative estimate of drug-likeness (QED) is 0.806. The molecule has 1 aliphatic heterocycles. The van der Waals surface area contributed by atoms with Crippen molar-refractivity contribution in [3.8, 4) is 0 Å². The van der Waals surface area contributed by atoms with Crippen LogP contribution in [0.3, 0.4) is 0 Å². The van der Waals surface area contributed by atoms with Gasteiger partial charge in [0.15, 0.2) is 0 Å². The Hall–Kier alpha value is -1.06. The van der Waals surface area contributed by atoms with E-state index in [2.05, 4.69) is 5.32 Å². The first-order valence-electron chi connectivity index (χ1n) is 5.65. The van der Waals surface area contributed by atoms with Gasteiger partial charge < -0.3 is 0 Å². The van der Waals surface area contributed by atoms with Gasteiger partial charge in [0.25, 0.3) is 0 Å². The predicted molar refractivity (Wildman–Crippen MR) is 68.6 cm³/mol. The number of halogens is 2. The summed E-state index contributed by atoms with van der Waals surface area (Å²) in [6, 6.07) is 5.30. The number of imide groups is 1. The molecule has 2 fully saturated rings. The van der Waals surface area contributed by atoms with E-state index >= 15 is 0 Å². The molecule has 0 bridgehead atoms. The normalized spacial score (nSPS) is 37.4. The van der Waals surface area contributed by atoms with Crippen LogP contribution in [0.5, 0.6) is 0 Å². The summed E-state index contributed by atoms with van der Waals surface area (Å²) in [5, 5.41) is 3.25. The molecule has 1 aromatic rings. The maximum atomic E-state index is 11.9. The molecule has 94 valence electrons. The van der Waals surface area contributed by atoms with E-state index in [9.17, 15) is 9.59 Å². The Morgan fingerprint density at radius 2 is 1.67 bits per heavy atom. The Balaban J connectivity index is 2.15. The second-order valence-corrected chi connectivity index (χ2v) is 6.05. The topological polar surface area (TPSA) is 46.2 Å². The molecule has 2 aliphatic rings. The molecule has 0 aromatic heterocycles. The molecule has 1 N–H and O–H groups in total. The van der Waals surface area contributed by atoms with Crippen LogP contribution < -0.4 is 5.32 Å². The molecule has 1 aliphatic carbocycles. The smallest absolute Gasteiger partial charge is 0.234 e. The van der Waals surface area contributed by atoms with E-state index < -0.39 is 10.8 Å². The zero-order chi connectivity index (χ0) is 13.3. The van der Waals surface area contributed by atoms with Crippen molar-refractivity contribution in [2.75, 3.05) is 0 Å². The minimum atomic E-state index is -0.710. The second-order valence-electron chi connectivity index (χ2n) is 5.26. The number of carbonyl (C=O) groups excluding carboxylic acids is 2. The van der Waals surface area contributed by atoms with Crippen LogP contribution in [-0.2, 0) is 9.59 Å². The molecular weight excluding hydrogens is 273 g/mol. The molecule has 2 atom stereocenters. The van der Waals surface area contributed by atoms with Crippen molar-refractivity contribution in [1.82, 2.24) is 5.32 Å². The Morgan fingerprint density at radius 3 is 2.22 bits per heavy atom. The van der Waals surface area contributed by atoms with Gasteiger partial charge >= 0.3 is 0 Å². The Kier molecular flexibility index (Phi) is 2.19.